The maximum absolute atomic E-state index is 6.58. The van der Waals surface area contributed by atoms with Gasteiger partial charge in [-0.15, -0.1) is 0 Å². The second-order valence-corrected chi connectivity index (χ2v) is 8.87. The van der Waals surface area contributed by atoms with Gasteiger partial charge in [-0.1, -0.05) is 62.0 Å². The number of nitrogens with one attached hydrogen (secondary N) is 1. The molecule has 0 unspecified atom stereocenters. The number of unbranched alkanes of at least 4 members (excludes halogenated alkanes) is 1. The molecule has 158 valence electrons. The molecule has 1 N–H and O–H groups in total. The summed E-state index contributed by atoms with van der Waals surface area (Å²) in [6.07, 6.45) is 10.7. The van der Waals surface area contributed by atoms with E-state index in [-0.39, 0.29) is 0 Å². The molecule has 1 aliphatic carbocycles. The minimum atomic E-state index is 0.317. The van der Waals surface area contributed by atoms with Crippen LogP contribution in [0.2, 0.25) is 10.0 Å². The van der Waals surface area contributed by atoms with Crippen molar-refractivity contribution >= 4 is 28.9 Å². The van der Waals surface area contributed by atoms with Gasteiger partial charge in [0.05, 0.1) is 21.8 Å². The Balaban J connectivity index is 1.72. The summed E-state index contributed by atoms with van der Waals surface area (Å²) < 4.78 is 6.07. The predicted octanol–water partition coefficient (Wildman–Crippen LogP) is 8.22. The molecular weight excluding hydrogens is 401 g/mol. The van der Waals surface area contributed by atoms with Crippen LogP contribution < -0.4 is 10.1 Å². The van der Waals surface area contributed by atoms with E-state index in [1.165, 1.54) is 36.8 Å². The fourth-order valence-electron chi connectivity index (χ4n) is 4.12. The summed E-state index contributed by atoms with van der Waals surface area (Å²) in [5, 5.41) is 5.07. The van der Waals surface area contributed by atoms with Crippen LogP contribution in [0.25, 0.3) is 0 Å². The minimum Gasteiger partial charge on any atom is -0.489 e. The van der Waals surface area contributed by atoms with E-state index in [2.05, 4.69) is 31.3 Å². The highest BCUT2D eigenvalue weighted by atomic mass is 35.5. The van der Waals surface area contributed by atoms with Gasteiger partial charge in [0.15, 0.2) is 0 Å². The van der Waals surface area contributed by atoms with E-state index in [0.717, 1.165) is 54.1 Å². The fraction of sp³-hybridized carbons (Fsp3) is 0.520. The van der Waals surface area contributed by atoms with E-state index in [1.54, 1.807) is 0 Å². The fourth-order valence-corrected chi connectivity index (χ4v) is 4.61. The zero-order chi connectivity index (χ0) is 20.6. The second-order valence-electron chi connectivity index (χ2n) is 8.06. The number of hydrogen-bond donors (Lipinski definition) is 1. The van der Waals surface area contributed by atoms with Crippen molar-refractivity contribution in [2.24, 2.45) is 0 Å². The molecule has 0 atom stereocenters. The highest BCUT2D eigenvalue weighted by Gasteiger charge is 2.18. The Morgan fingerprint density at radius 2 is 1.76 bits per heavy atom. The first-order chi connectivity index (χ1) is 14.1. The molecular formula is C25H33Cl2NO. The van der Waals surface area contributed by atoms with Gasteiger partial charge in [-0.05, 0) is 79.8 Å². The Kier molecular flexibility index (Phi) is 8.56. The third-order valence-electron chi connectivity index (χ3n) is 5.72. The van der Waals surface area contributed by atoms with E-state index in [9.17, 15) is 0 Å². The molecule has 2 aromatic rings. The van der Waals surface area contributed by atoms with Crippen molar-refractivity contribution in [3.8, 4) is 5.75 Å². The third-order valence-corrected chi connectivity index (χ3v) is 6.33. The van der Waals surface area contributed by atoms with E-state index in [4.69, 9.17) is 27.9 Å². The molecule has 0 aliphatic heterocycles. The van der Waals surface area contributed by atoms with Crippen molar-refractivity contribution in [2.45, 2.75) is 84.3 Å². The lowest BCUT2D eigenvalue weighted by atomic mass is 9.96. The van der Waals surface area contributed by atoms with Gasteiger partial charge in [0.2, 0.25) is 0 Å². The van der Waals surface area contributed by atoms with Crippen molar-refractivity contribution in [2.75, 3.05) is 5.32 Å². The van der Waals surface area contributed by atoms with Crippen LogP contribution in [0.15, 0.2) is 30.3 Å². The average Bonchev–Trinajstić information content (AvgIpc) is 3.22. The van der Waals surface area contributed by atoms with E-state index >= 15 is 0 Å². The molecule has 0 aromatic heterocycles. The van der Waals surface area contributed by atoms with Crippen LogP contribution in [0, 0.1) is 0 Å². The van der Waals surface area contributed by atoms with Gasteiger partial charge in [0.1, 0.15) is 5.75 Å². The third kappa shape index (κ3) is 6.06. The number of anilines is 1. The molecule has 4 heteroatoms. The van der Waals surface area contributed by atoms with Crippen LogP contribution in [0.3, 0.4) is 0 Å². The molecule has 29 heavy (non-hydrogen) atoms. The molecule has 2 aromatic carbocycles. The summed E-state index contributed by atoms with van der Waals surface area (Å²) in [5.74, 6) is 0.800. The van der Waals surface area contributed by atoms with Crippen molar-refractivity contribution in [3.63, 3.8) is 0 Å². The van der Waals surface area contributed by atoms with Gasteiger partial charge in [0, 0.05) is 6.54 Å². The monoisotopic (exact) mass is 433 g/mol. The molecule has 0 bridgehead atoms. The van der Waals surface area contributed by atoms with Crippen LogP contribution in [-0.4, -0.2) is 6.10 Å². The normalized spacial score (nSPS) is 14.3. The lowest BCUT2D eigenvalue weighted by molar-refractivity contribution is 0.210. The first kappa shape index (κ1) is 22.3. The van der Waals surface area contributed by atoms with Gasteiger partial charge in [-0.25, -0.2) is 0 Å². The topological polar surface area (TPSA) is 21.3 Å². The summed E-state index contributed by atoms with van der Waals surface area (Å²) in [4.78, 5) is 0. The van der Waals surface area contributed by atoms with Gasteiger partial charge in [-0.2, -0.15) is 0 Å². The number of benzene rings is 2. The molecule has 3 rings (SSSR count). The zero-order valence-electron chi connectivity index (χ0n) is 17.7. The lowest BCUT2D eigenvalue weighted by Gasteiger charge is -2.19. The summed E-state index contributed by atoms with van der Waals surface area (Å²) in [6, 6.07) is 10.3. The smallest absolute Gasteiger partial charge is 0.138 e. The molecule has 0 radical (unpaired) electrons. The summed E-state index contributed by atoms with van der Waals surface area (Å²) in [6.45, 7) is 5.15. The van der Waals surface area contributed by atoms with Crippen molar-refractivity contribution in [1.82, 2.24) is 0 Å². The Hall–Kier alpha value is -1.38. The van der Waals surface area contributed by atoms with Crippen LogP contribution in [0.4, 0.5) is 5.69 Å². The van der Waals surface area contributed by atoms with Gasteiger partial charge in [0.25, 0.3) is 0 Å². The van der Waals surface area contributed by atoms with E-state index in [1.807, 2.05) is 18.2 Å². The zero-order valence-corrected chi connectivity index (χ0v) is 19.2. The largest absolute Gasteiger partial charge is 0.489 e. The van der Waals surface area contributed by atoms with E-state index in [0.29, 0.717) is 17.7 Å². The molecule has 0 heterocycles. The molecule has 1 aliphatic rings. The number of ether oxygens (including phenoxy) is 1. The van der Waals surface area contributed by atoms with Gasteiger partial charge in [-0.3, -0.25) is 0 Å². The average molecular weight is 434 g/mol. The van der Waals surface area contributed by atoms with Gasteiger partial charge >= 0.3 is 0 Å². The predicted molar refractivity (Wildman–Crippen MR) is 126 cm³/mol. The second kappa shape index (κ2) is 11.1. The quantitative estimate of drug-likeness (QED) is 0.407. The first-order valence-corrected chi connectivity index (χ1v) is 11.9. The summed E-state index contributed by atoms with van der Waals surface area (Å²) in [7, 11) is 0. The number of halogens is 2. The number of rotatable bonds is 10. The van der Waals surface area contributed by atoms with Crippen LogP contribution >= 0.6 is 23.2 Å². The maximum Gasteiger partial charge on any atom is 0.138 e. The van der Waals surface area contributed by atoms with Crippen LogP contribution in [0.5, 0.6) is 5.75 Å². The number of aryl methyl sites for hydroxylation is 1. The highest BCUT2D eigenvalue weighted by Crippen LogP contribution is 2.33. The molecule has 1 fully saturated rings. The molecule has 0 saturated heterocycles. The van der Waals surface area contributed by atoms with Crippen LogP contribution in [0.1, 0.15) is 75.5 Å². The Bertz CT molecular complexity index is 800. The molecule has 0 spiro atoms. The van der Waals surface area contributed by atoms with Gasteiger partial charge < -0.3 is 10.1 Å². The standard InChI is InChI=1S/C25H33Cl2NO/c1-3-5-9-19-13-14-22(26)25(21(19)8-4-2)28-17-18-12-15-24(23(27)16-18)29-20-10-6-7-11-20/h12-16,20,28H,3-11,17H2,1-2H3. The van der Waals surface area contributed by atoms with Crippen LogP contribution in [-0.2, 0) is 19.4 Å². The molecule has 0 amide bonds. The van der Waals surface area contributed by atoms with Crippen molar-refractivity contribution in [3.05, 3.63) is 57.1 Å². The summed E-state index contributed by atoms with van der Waals surface area (Å²) in [5.41, 5.74) is 4.98. The Labute approximate surface area is 185 Å². The maximum atomic E-state index is 6.58. The Morgan fingerprint density at radius 1 is 0.966 bits per heavy atom. The minimum absolute atomic E-state index is 0.317. The Morgan fingerprint density at radius 3 is 2.45 bits per heavy atom. The van der Waals surface area contributed by atoms with E-state index < -0.39 is 0 Å². The lowest BCUT2D eigenvalue weighted by Crippen LogP contribution is -2.11. The molecule has 1 saturated carbocycles. The summed E-state index contributed by atoms with van der Waals surface area (Å²) >= 11 is 13.1. The van der Waals surface area contributed by atoms with Crippen molar-refractivity contribution < 1.29 is 4.74 Å². The molecule has 2 nitrogen and oxygen atoms in total. The van der Waals surface area contributed by atoms with Crippen molar-refractivity contribution in [1.29, 1.82) is 0 Å². The number of hydrogen-bond acceptors (Lipinski definition) is 2. The SMILES string of the molecule is CCCCc1ccc(Cl)c(NCc2ccc(OC3CCCC3)c(Cl)c2)c1CCC. The first-order valence-electron chi connectivity index (χ1n) is 11.1. The highest BCUT2D eigenvalue weighted by molar-refractivity contribution is 6.33.